The Balaban J connectivity index is 1.67. The molecule has 0 aliphatic rings. The molecule has 0 spiro atoms. The fraction of sp³-hybridized carbons (Fsp3) is 0.111. The van der Waals surface area contributed by atoms with Gasteiger partial charge in [-0.05, 0) is 30.3 Å². The second-order valence-electron chi connectivity index (χ2n) is 4.82. The second kappa shape index (κ2) is 6.79. The summed E-state index contributed by atoms with van der Waals surface area (Å²) in [6.45, 7) is 0.251. The van der Waals surface area contributed by atoms with Gasteiger partial charge in [0.25, 0.3) is 0 Å². The molecule has 0 atom stereocenters. The second-order valence-corrected chi connectivity index (χ2v) is 4.82. The number of hydrogen-bond donors (Lipinski definition) is 0. The Hall–Kier alpha value is -3.08. The van der Waals surface area contributed by atoms with Gasteiger partial charge in [0.1, 0.15) is 24.3 Å². The fourth-order valence-electron chi connectivity index (χ4n) is 2.07. The van der Waals surface area contributed by atoms with Gasteiger partial charge in [-0.3, -0.25) is 0 Å². The summed E-state index contributed by atoms with van der Waals surface area (Å²) in [7, 11) is 1.34. The van der Waals surface area contributed by atoms with Crippen molar-refractivity contribution >= 4 is 5.97 Å². The summed E-state index contributed by atoms with van der Waals surface area (Å²) in [6, 6.07) is 16.4. The number of hydrogen-bond acceptors (Lipinski definition) is 5. The van der Waals surface area contributed by atoms with Crippen molar-refractivity contribution in [3.8, 4) is 17.2 Å². The minimum absolute atomic E-state index is 0.251. The number of carbonyl (C=O) groups is 1. The number of benzene rings is 2. The number of nitrogens with zero attached hydrogens (tertiary/aromatic N) is 1. The van der Waals surface area contributed by atoms with Crippen LogP contribution >= 0.6 is 0 Å². The third-order valence-electron chi connectivity index (χ3n) is 3.21. The average molecular weight is 309 g/mol. The van der Waals surface area contributed by atoms with Crippen LogP contribution in [0.3, 0.4) is 0 Å². The van der Waals surface area contributed by atoms with Crippen LogP contribution in [0.25, 0.3) is 11.5 Å². The zero-order chi connectivity index (χ0) is 16.1. The van der Waals surface area contributed by atoms with Crippen molar-refractivity contribution in [1.29, 1.82) is 0 Å². The number of rotatable bonds is 5. The smallest absolute Gasteiger partial charge is 0.337 e. The van der Waals surface area contributed by atoms with E-state index in [4.69, 9.17) is 9.15 Å². The quantitative estimate of drug-likeness (QED) is 0.672. The molecular weight excluding hydrogens is 294 g/mol. The molecule has 0 radical (unpaired) electrons. The van der Waals surface area contributed by atoms with E-state index in [1.54, 1.807) is 30.5 Å². The summed E-state index contributed by atoms with van der Waals surface area (Å²) in [5.74, 6) is 0.716. The van der Waals surface area contributed by atoms with Gasteiger partial charge < -0.3 is 13.9 Å². The molecule has 0 saturated carbocycles. The maximum atomic E-state index is 11.5. The van der Waals surface area contributed by atoms with E-state index in [1.165, 1.54) is 7.11 Å². The summed E-state index contributed by atoms with van der Waals surface area (Å²) in [6.07, 6.45) is 1.56. The van der Waals surface area contributed by atoms with Crippen LogP contribution < -0.4 is 4.74 Å². The summed E-state index contributed by atoms with van der Waals surface area (Å²) >= 11 is 0. The predicted octanol–water partition coefficient (Wildman–Crippen LogP) is 3.71. The number of oxazole rings is 1. The van der Waals surface area contributed by atoms with Gasteiger partial charge in [-0.2, -0.15) is 0 Å². The lowest BCUT2D eigenvalue weighted by molar-refractivity contribution is 0.0600. The third kappa shape index (κ3) is 3.58. The Bertz CT molecular complexity index is 796. The highest BCUT2D eigenvalue weighted by Gasteiger charge is 2.09. The van der Waals surface area contributed by atoms with Crippen LogP contribution in [0, 0.1) is 0 Å². The van der Waals surface area contributed by atoms with Gasteiger partial charge in [0, 0.05) is 5.56 Å². The SMILES string of the molecule is COC(=O)c1cccc(OCc2coc(-c3ccccc3)n2)c1. The van der Waals surface area contributed by atoms with E-state index in [9.17, 15) is 4.79 Å². The van der Waals surface area contributed by atoms with Gasteiger partial charge in [-0.1, -0.05) is 24.3 Å². The number of carbonyl (C=O) groups excluding carboxylic acids is 1. The van der Waals surface area contributed by atoms with Crippen LogP contribution in [0.5, 0.6) is 5.75 Å². The van der Waals surface area contributed by atoms with E-state index >= 15 is 0 Å². The van der Waals surface area contributed by atoms with Crippen molar-refractivity contribution in [3.05, 3.63) is 72.1 Å². The Morgan fingerprint density at radius 1 is 1.13 bits per heavy atom. The molecule has 0 aliphatic carbocycles. The largest absolute Gasteiger partial charge is 0.487 e. The molecule has 116 valence electrons. The Morgan fingerprint density at radius 3 is 2.74 bits per heavy atom. The molecule has 3 rings (SSSR count). The fourth-order valence-corrected chi connectivity index (χ4v) is 2.07. The zero-order valence-corrected chi connectivity index (χ0v) is 12.6. The van der Waals surface area contributed by atoms with Gasteiger partial charge in [-0.15, -0.1) is 0 Å². The predicted molar refractivity (Wildman–Crippen MR) is 84.1 cm³/mol. The number of aromatic nitrogens is 1. The first-order valence-electron chi connectivity index (χ1n) is 7.07. The molecular formula is C18H15NO4. The molecule has 0 saturated heterocycles. The molecule has 23 heavy (non-hydrogen) atoms. The topological polar surface area (TPSA) is 61.6 Å². The lowest BCUT2D eigenvalue weighted by atomic mass is 10.2. The molecule has 3 aromatic rings. The van der Waals surface area contributed by atoms with Crippen LogP contribution in [-0.4, -0.2) is 18.1 Å². The van der Waals surface area contributed by atoms with Crippen LogP contribution in [0.15, 0.2) is 65.3 Å². The van der Waals surface area contributed by atoms with Crippen molar-refractivity contribution in [3.63, 3.8) is 0 Å². The van der Waals surface area contributed by atoms with Gasteiger partial charge in [0.15, 0.2) is 0 Å². The van der Waals surface area contributed by atoms with Gasteiger partial charge >= 0.3 is 5.97 Å². The molecule has 0 aliphatic heterocycles. The number of ether oxygens (including phenoxy) is 2. The van der Waals surface area contributed by atoms with E-state index in [0.29, 0.717) is 22.9 Å². The summed E-state index contributed by atoms with van der Waals surface area (Å²) in [5.41, 5.74) is 2.02. The van der Waals surface area contributed by atoms with Crippen LogP contribution in [-0.2, 0) is 11.3 Å². The van der Waals surface area contributed by atoms with Crippen molar-refractivity contribution < 1.29 is 18.7 Å². The molecule has 1 aromatic heterocycles. The third-order valence-corrected chi connectivity index (χ3v) is 3.21. The van der Waals surface area contributed by atoms with Crippen molar-refractivity contribution in [2.24, 2.45) is 0 Å². The highest BCUT2D eigenvalue weighted by atomic mass is 16.5. The summed E-state index contributed by atoms with van der Waals surface area (Å²) in [5, 5.41) is 0. The molecule has 0 N–H and O–H groups in total. The molecule has 5 heteroatoms. The Morgan fingerprint density at radius 2 is 1.96 bits per heavy atom. The minimum Gasteiger partial charge on any atom is -0.487 e. The van der Waals surface area contributed by atoms with Crippen LogP contribution in [0.4, 0.5) is 0 Å². The molecule has 2 aromatic carbocycles. The Kier molecular flexibility index (Phi) is 4.38. The van der Waals surface area contributed by atoms with Gasteiger partial charge in [0.05, 0.1) is 12.7 Å². The standard InChI is InChI=1S/C18H15NO4/c1-21-18(20)14-8-5-9-16(10-14)22-11-15-12-23-17(19-15)13-6-3-2-4-7-13/h2-10,12H,11H2,1H3. The van der Waals surface area contributed by atoms with E-state index in [1.807, 2.05) is 30.3 Å². The zero-order valence-electron chi connectivity index (χ0n) is 12.6. The number of esters is 1. The van der Waals surface area contributed by atoms with Gasteiger partial charge in [-0.25, -0.2) is 9.78 Å². The summed E-state index contributed by atoms with van der Waals surface area (Å²) < 4.78 is 15.8. The lowest BCUT2D eigenvalue weighted by Crippen LogP contribution is -2.02. The maximum absolute atomic E-state index is 11.5. The van der Waals surface area contributed by atoms with Crippen molar-refractivity contribution in [1.82, 2.24) is 4.98 Å². The molecule has 5 nitrogen and oxygen atoms in total. The van der Waals surface area contributed by atoms with E-state index in [2.05, 4.69) is 9.72 Å². The highest BCUT2D eigenvalue weighted by molar-refractivity contribution is 5.89. The van der Waals surface area contributed by atoms with Crippen molar-refractivity contribution in [2.75, 3.05) is 7.11 Å². The minimum atomic E-state index is -0.400. The normalized spacial score (nSPS) is 10.3. The molecule has 0 bridgehead atoms. The van der Waals surface area contributed by atoms with E-state index in [0.717, 1.165) is 5.56 Å². The van der Waals surface area contributed by atoms with Crippen molar-refractivity contribution in [2.45, 2.75) is 6.61 Å². The maximum Gasteiger partial charge on any atom is 0.337 e. The van der Waals surface area contributed by atoms with Gasteiger partial charge in [0.2, 0.25) is 5.89 Å². The molecule has 0 amide bonds. The van der Waals surface area contributed by atoms with Crippen LogP contribution in [0.1, 0.15) is 16.1 Å². The first kappa shape index (κ1) is 14.8. The molecule has 1 heterocycles. The first-order chi connectivity index (χ1) is 11.3. The number of methoxy groups -OCH3 is 1. The Labute approximate surface area is 133 Å². The molecule has 0 fully saturated rings. The van der Waals surface area contributed by atoms with E-state index in [-0.39, 0.29) is 6.61 Å². The van der Waals surface area contributed by atoms with Crippen LogP contribution in [0.2, 0.25) is 0 Å². The lowest BCUT2D eigenvalue weighted by Gasteiger charge is -2.05. The average Bonchev–Trinajstić information content (AvgIpc) is 3.09. The van der Waals surface area contributed by atoms with E-state index < -0.39 is 5.97 Å². The highest BCUT2D eigenvalue weighted by Crippen LogP contribution is 2.20. The molecule has 0 unspecified atom stereocenters. The monoisotopic (exact) mass is 309 g/mol. The first-order valence-corrected chi connectivity index (χ1v) is 7.07. The summed E-state index contributed by atoms with van der Waals surface area (Å²) in [4.78, 5) is 15.9.